The first kappa shape index (κ1) is 19.8. The molecule has 0 amide bonds. The minimum atomic E-state index is -1.72. The summed E-state index contributed by atoms with van der Waals surface area (Å²) in [4.78, 5) is 0. The van der Waals surface area contributed by atoms with Gasteiger partial charge in [0.15, 0.2) is 8.32 Å². The van der Waals surface area contributed by atoms with E-state index in [-0.39, 0.29) is 11.1 Å². The van der Waals surface area contributed by atoms with Crippen LogP contribution >= 0.6 is 0 Å². The Morgan fingerprint density at radius 1 is 1.22 bits per heavy atom. The molecule has 0 radical (unpaired) electrons. The number of aryl methyl sites for hydroxylation is 1. The number of hydrogen-bond donors (Lipinski definition) is 1. The molecule has 23 heavy (non-hydrogen) atoms. The third kappa shape index (κ3) is 6.38. The van der Waals surface area contributed by atoms with Gasteiger partial charge in [0.2, 0.25) is 0 Å². The third-order valence-corrected chi connectivity index (χ3v) is 8.72. The van der Waals surface area contributed by atoms with Crippen molar-refractivity contribution in [2.45, 2.75) is 58.8 Å². The number of rotatable bonds is 5. The van der Waals surface area contributed by atoms with Crippen LogP contribution in [0.5, 0.6) is 5.75 Å². The molecule has 0 saturated carbocycles. The van der Waals surface area contributed by atoms with E-state index in [1.807, 2.05) is 32.0 Å². The maximum atomic E-state index is 6.14. The second-order valence-corrected chi connectivity index (χ2v) is 12.3. The van der Waals surface area contributed by atoms with Gasteiger partial charge in [-0.15, -0.1) is 0 Å². The molecule has 0 aliphatic carbocycles. The molecule has 0 aromatic heterocycles. The molecular weight excluding hydrogens is 302 g/mol. The molecule has 0 bridgehead atoms. The van der Waals surface area contributed by atoms with E-state index in [1.165, 1.54) is 0 Å². The van der Waals surface area contributed by atoms with Crippen molar-refractivity contribution in [3.8, 4) is 17.6 Å². The van der Waals surface area contributed by atoms with Gasteiger partial charge in [-0.2, -0.15) is 0 Å². The quantitative estimate of drug-likeness (QED) is 0.501. The average Bonchev–Trinajstić information content (AvgIpc) is 2.41. The van der Waals surface area contributed by atoms with Crippen LogP contribution in [0.1, 0.15) is 38.8 Å². The zero-order valence-electron chi connectivity index (χ0n) is 15.6. The highest BCUT2D eigenvalue weighted by Gasteiger charge is 2.36. The first-order valence-corrected chi connectivity index (χ1v) is 11.1. The van der Waals surface area contributed by atoms with Gasteiger partial charge < -0.3 is 14.9 Å². The number of ether oxygens (including phenoxy) is 1. The lowest BCUT2D eigenvalue weighted by molar-refractivity contribution is 0.203. The van der Waals surface area contributed by atoms with Crippen molar-refractivity contribution < 1.29 is 9.16 Å². The van der Waals surface area contributed by atoms with Gasteiger partial charge in [-0.3, -0.25) is 0 Å². The normalized spacial score (nSPS) is 13.2. The molecule has 3 nitrogen and oxygen atoms in total. The van der Waals surface area contributed by atoms with Crippen LogP contribution in [0.4, 0.5) is 0 Å². The Balaban J connectivity index is 2.68. The minimum absolute atomic E-state index is 0.147. The highest BCUT2D eigenvalue weighted by molar-refractivity contribution is 6.74. The molecule has 0 aliphatic heterocycles. The summed E-state index contributed by atoms with van der Waals surface area (Å²) in [6, 6.07) is 5.88. The minimum Gasteiger partial charge on any atom is -0.490 e. The first-order valence-electron chi connectivity index (χ1n) is 8.17. The van der Waals surface area contributed by atoms with Crippen LogP contribution in [0.2, 0.25) is 18.1 Å². The lowest BCUT2D eigenvalue weighted by atomic mass is 10.1. The van der Waals surface area contributed by atoms with E-state index < -0.39 is 8.32 Å². The highest BCUT2D eigenvalue weighted by Crippen LogP contribution is 2.36. The number of nitrogens with two attached hydrogens (primary N) is 1. The zero-order chi connectivity index (χ0) is 17.7. The van der Waals surface area contributed by atoms with E-state index in [4.69, 9.17) is 14.9 Å². The highest BCUT2D eigenvalue weighted by atomic mass is 28.4. The summed E-state index contributed by atoms with van der Waals surface area (Å²) < 4.78 is 12.1. The molecule has 0 spiro atoms. The summed E-state index contributed by atoms with van der Waals surface area (Å²) in [6.45, 7) is 16.3. The van der Waals surface area contributed by atoms with Crippen LogP contribution < -0.4 is 10.5 Å². The standard InChI is InChI=1S/C19H31NO2Si/c1-15-8-10-17(11-9-16(2)20)18(14-15)21-12-13-22-23(6,7)19(3,4)5/h8,10,14,16H,12-13,20H2,1-7H3/t16-/m1/s1. The maximum absolute atomic E-state index is 6.14. The van der Waals surface area contributed by atoms with E-state index >= 15 is 0 Å². The van der Waals surface area contributed by atoms with Gasteiger partial charge in [0.25, 0.3) is 0 Å². The van der Waals surface area contributed by atoms with Gasteiger partial charge in [-0.1, -0.05) is 38.7 Å². The molecule has 128 valence electrons. The monoisotopic (exact) mass is 333 g/mol. The molecule has 4 heteroatoms. The molecular formula is C19H31NO2Si. The van der Waals surface area contributed by atoms with E-state index in [1.54, 1.807) is 0 Å². The fraction of sp³-hybridized carbons (Fsp3) is 0.579. The Kier molecular flexibility index (Phi) is 6.88. The van der Waals surface area contributed by atoms with E-state index in [2.05, 4.69) is 45.7 Å². The summed E-state index contributed by atoms with van der Waals surface area (Å²) >= 11 is 0. The smallest absolute Gasteiger partial charge is 0.192 e. The van der Waals surface area contributed by atoms with Crippen LogP contribution in [0.25, 0.3) is 0 Å². The topological polar surface area (TPSA) is 44.5 Å². The molecule has 1 aromatic carbocycles. The van der Waals surface area contributed by atoms with Crippen LogP contribution in [0.3, 0.4) is 0 Å². The Morgan fingerprint density at radius 3 is 2.43 bits per heavy atom. The maximum Gasteiger partial charge on any atom is 0.192 e. The molecule has 1 rings (SSSR count). The van der Waals surface area contributed by atoms with Crippen LogP contribution in [0.15, 0.2) is 18.2 Å². The van der Waals surface area contributed by atoms with Crippen molar-refractivity contribution >= 4 is 8.32 Å². The van der Waals surface area contributed by atoms with E-state index in [0.717, 1.165) is 16.9 Å². The first-order chi connectivity index (χ1) is 10.5. The number of hydrogen-bond acceptors (Lipinski definition) is 3. The SMILES string of the molecule is Cc1ccc(C#C[C@@H](C)N)c(OCCO[Si](C)(C)C(C)(C)C)c1. The predicted octanol–water partition coefficient (Wildman–Crippen LogP) is 4.09. The van der Waals surface area contributed by atoms with Gasteiger partial charge >= 0.3 is 0 Å². The molecule has 0 unspecified atom stereocenters. The van der Waals surface area contributed by atoms with Crippen molar-refractivity contribution in [2.75, 3.05) is 13.2 Å². The largest absolute Gasteiger partial charge is 0.490 e. The molecule has 0 saturated heterocycles. The summed E-state index contributed by atoms with van der Waals surface area (Å²) in [5.41, 5.74) is 7.73. The predicted molar refractivity (Wildman–Crippen MR) is 100 cm³/mol. The van der Waals surface area contributed by atoms with Crippen LogP contribution in [-0.2, 0) is 4.43 Å². The molecule has 1 atom stereocenters. The van der Waals surface area contributed by atoms with Gasteiger partial charge in [0.05, 0.1) is 18.2 Å². The van der Waals surface area contributed by atoms with Crippen LogP contribution in [0, 0.1) is 18.8 Å². The van der Waals surface area contributed by atoms with Gasteiger partial charge in [-0.05, 0) is 49.7 Å². The van der Waals surface area contributed by atoms with E-state index in [9.17, 15) is 0 Å². The lowest BCUT2D eigenvalue weighted by Crippen LogP contribution is -2.41. The Labute approximate surface area is 142 Å². The lowest BCUT2D eigenvalue weighted by Gasteiger charge is -2.36. The van der Waals surface area contributed by atoms with Crippen molar-refractivity contribution in [2.24, 2.45) is 5.73 Å². The number of benzene rings is 1. The second-order valence-electron chi connectivity index (χ2n) is 7.51. The molecule has 0 heterocycles. The van der Waals surface area contributed by atoms with E-state index in [0.29, 0.717) is 13.2 Å². The third-order valence-electron chi connectivity index (χ3n) is 4.18. The van der Waals surface area contributed by atoms with Crippen molar-refractivity contribution in [1.82, 2.24) is 0 Å². The van der Waals surface area contributed by atoms with Gasteiger partial charge in [0.1, 0.15) is 12.4 Å². The van der Waals surface area contributed by atoms with Crippen molar-refractivity contribution in [1.29, 1.82) is 0 Å². The fourth-order valence-electron chi connectivity index (χ4n) is 1.71. The van der Waals surface area contributed by atoms with Crippen LogP contribution in [-0.4, -0.2) is 27.6 Å². The zero-order valence-corrected chi connectivity index (χ0v) is 16.6. The Hall–Kier alpha value is -1.28. The van der Waals surface area contributed by atoms with Gasteiger partial charge in [-0.25, -0.2) is 0 Å². The summed E-state index contributed by atoms with van der Waals surface area (Å²) in [7, 11) is -1.72. The molecule has 0 fully saturated rings. The fourth-order valence-corrected chi connectivity index (χ4v) is 2.74. The average molecular weight is 334 g/mol. The second kappa shape index (κ2) is 8.01. The Bertz CT molecular complexity index is 577. The summed E-state index contributed by atoms with van der Waals surface area (Å²) in [6.07, 6.45) is 0. The van der Waals surface area contributed by atoms with Crippen molar-refractivity contribution in [3.63, 3.8) is 0 Å². The molecule has 1 aromatic rings. The summed E-state index contributed by atoms with van der Waals surface area (Å²) in [5.74, 6) is 6.87. The Morgan fingerprint density at radius 2 is 1.87 bits per heavy atom. The molecule has 0 aliphatic rings. The molecule has 2 N–H and O–H groups in total. The van der Waals surface area contributed by atoms with Crippen molar-refractivity contribution in [3.05, 3.63) is 29.3 Å². The van der Waals surface area contributed by atoms with Gasteiger partial charge in [0, 0.05) is 0 Å². The summed E-state index contributed by atoms with van der Waals surface area (Å²) in [5, 5.41) is 0.213.